The number of para-hydroxylation sites is 1. The number of amides is 2. The van der Waals surface area contributed by atoms with E-state index in [0.29, 0.717) is 78.0 Å². The number of carbonyl (C=O) groups excluding carboxylic acids is 1. The van der Waals surface area contributed by atoms with Gasteiger partial charge in [0.2, 0.25) is 8.32 Å². The summed E-state index contributed by atoms with van der Waals surface area (Å²) >= 11 is 6.22. The lowest BCUT2D eigenvalue weighted by molar-refractivity contribution is -0.121. The average Bonchev–Trinajstić information content (AvgIpc) is 3.17. The summed E-state index contributed by atoms with van der Waals surface area (Å²) < 4.78 is 37.1. The number of anilines is 1. The first-order valence-corrected chi connectivity index (χ1v) is 22.3. The predicted octanol–water partition coefficient (Wildman–Crippen LogP) is 9.17. The number of hydrogen-bond donors (Lipinski definition) is 1. The molecule has 306 valence electrons. The normalized spacial score (nSPS) is 18.7. The van der Waals surface area contributed by atoms with Crippen LogP contribution < -0.4 is 19.1 Å². The summed E-state index contributed by atoms with van der Waals surface area (Å²) in [4.78, 5) is 28.7. The largest absolute Gasteiger partial charge is 0.493 e. The number of methoxy groups -OCH3 is 1. The summed E-state index contributed by atoms with van der Waals surface area (Å²) in [5.41, 5.74) is 3.43. The molecule has 1 N–H and O–H groups in total. The molecule has 56 heavy (non-hydrogen) atoms. The zero-order chi connectivity index (χ0) is 40.4. The Morgan fingerprint density at radius 2 is 1.57 bits per heavy atom. The van der Waals surface area contributed by atoms with E-state index in [4.69, 9.17) is 39.7 Å². The van der Waals surface area contributed by atoms with Gasteiger partial charge in [0.05, 0.1) is 49.3 Å². The number of nitrogens with zero attached hydrogens (tertiary/aromatic N) is 2. The van der Waals surface area contributed by atoms with Crippen LogP contribution in [0.25, 0.3) is 0 Å². The molecule has 2 aliphatic rings. The van der Waals surface area contributed by atoms with Crippen molar-refractivity contribution in [1.29, 1.82) is 0 Å². The molecule has 1 fully saturated rings. The summed E-state index contributed by atoms with van der Waals surface area (Å²) in [6, 6.07) is 21.1. The van der Waals surface area contributed by atoms with Crippen molar-refractivity contribution in [2.24, 2.45) is 0 Å². The molecule has 5 rings (SSSR count). The van der Waals surface area contributed by atoms with Gasteiger partial charge in [-0.3, -0.25) is 4.79 Å². The Morgan fingerprint density at radius 1 is 0.893 bits per heavy atom. The maximum absolute atomic E-state index is 12.9. The van der Waals surface area contributed by atoms with Crippen molar-refractivity contribution in [3.63, 3.8) is 0 Å². The van der Waals surface area contributed by atoms with Crippen LogP contribution in [0.4, 0.5) is 10.5 Å². The maximum Gasteiger partial charge on any atom is 0.407 e. The molecule has 0 radical (unpaired) electrons. The Labute approximate surface area is 338 Å². The monoisotopic (exact) mass is 810 g/mol. The van der Waals surface area contributed by atoms with Gasteiger partial charge in [-0.15, -0.1) is 0 Å². The van der Waals surface area contributed by atoms with Gasteiger partial charge in [-0.2, -0.15) is 0 Å². The number of piperidine rings is 1. The minimum atomic E-state index is -2.46. The molecule has 3 unspecified atom stereocenters. The van der Waals surface area contributed by atoms with Gasteiger partial charge in [0.15, 0.2) is 6.61 Å². The minimum absolute atomic E-state index is 0.0121. The summed E-state index contributed by atoms with van der Waals surface area (Å²) in [6.45, 7) is 16.0. The third-order valence-corrected chi connectivity index (χ3v) is 17.4. The molecule has 3 atom stereocenters. The van der Waals surface area contributed by atoms with Gasteiger partial charge in [-0.1, -0.05) is 83.5 Å². The highest BCUT2D eigenvalue weighted by molar-refractivity contribution is 6.77. The first-order chi connectivity index (χ1) is 26.8. The number of halogens is 1. The Kier molecular flexibility index (Phi) is 15.5. The van der Waals surface area contributed by atoms with Crippen LogP contribution in [0, 0.1) is 0 Å². The number of likely N-dealkylation sites (tertiary alicyclic amines) is 1. The van der Waals surface area contributed by atoms with Crippen LogP contribution in [0.2, 0.25) is 21.6 Å². The van der Waals surface area contributed by atoms with E-state index in [1.54, 1.807) is 18.1 Å². The second kappa shape index (κ2) is 20.1. The van der Waals surface area contributed by atoms with Gasteiger partial charge >= 0.3 is 6.09 Å². The van der Waals surface area contributed by atoms with Crippen LogP contribution in [0.15, 0.2) is 66.7 Å². The van der Waals surface area contributed by atoms with Crippen LogP contribution in [0.5, 0.6) is 17.2 Å². The van der Waals surface area contributed by atoms with Crippen molar-refractivity contribution >= 4 is 37.6 Å². The molecule has 3 aromatic rings. The van der Waals surface area contributed by atoms with Crippen LogP contribution in [0.1, 0.15) is 71.4 Å². The summed E-state index contributed by atoms with van der Waals surface area (Å²) in [6.07, 6.45) is -0.609. The van der Waals surface area contributed by atoms with E-state index in [1.165, 1.54) is 4.90 Å². The van der Waals surface area contributed by atoms with Crippen LogP contribution >= 0.6 is 11.6 Å². The van der Waals surface area contributed by atoms with Crippen LogP contribution in [-0.2, 0) is 25.3 Å². The fourth-order valence-corrected chi connectivity index (χ4v) is 14.2. The molecule has 1 saturated heterocycles. The summed E-state index contributed by atoms with van der Waals surface area (Å²) in [7, 11) is -0.816. The Morgan fingerprint density at radius 3 is 2.23 bits per heavy atom. The van der Waals surface area contributed by atoms with Crippen LogP contribution in [-0.4, -0.2) is 95.7 Å². The zero-order valence-corrected chi connectivity index (χ0v) is 35.6. The zero-order valence-electron chi connectivity index (χ0n) is 33.9. The fraction of sp³-hybridized carbons (Fsp3) is 0.535. The summed E-state index contributed by atoms with van der Waals surface area (Å²) in [5.74, 6) is 1.64. The fourth-order valence-electron chi connectivity index (χ4n) is 8.43. The molecule has 2 heterocycles. The quantitative estimate of drug-likeness (QED) is 0.0935. The van der Waals surface area contributed by atoms with E-state index in [0.717, 1.165) is 16.9 Å². The third kappa shape index (κ3) is 10.4. The molecular formula is C43H59ClN2O9Si. The van der Waals surface area contributed by atoms with Gasteiger partial charge in [-0.05, 0) is 70.6 Å². The van der Waals surface area contributed by atoms with Crippen molar-refractivity contribution in [3.8, 4) is 17.2 Å². The molecule has 11 nitrogen and oxygen atoms in total. The molecule has 2 amide bonds. The van der Waals surface area contributed by atoms with Crippen molar-refractivity contribution in [2.75, 3.05) is 58.1 Å². The van der Waals surface area contributed by atoms with Crippen molar-refractivity contribution in [1.82, 2.24) is 4.90 Å². The number of rotatable bonds is 19. The van der Waals surface area contributed by atoms with E-state index in [2.05, 4.69) is 41.5 Å². The van der Waals surface area contributed by atoms with Gasteiger partial charge in [-0.25, -0.2) is 4.79 Å². The van der Waals surface area contributed by atoms with E-state index in [9.17, 15) is 14.7 Å². The topological polar surface area (TPSA) is 116 Å². The molecule has 2 aliphatic heterocycles. The molecule has 13 heteroatoms. The average molecular weight is 811 g/mol. The number of ether oxygens (including phenoxy) is 5. The molecule has 0 bridgehead atoms. The van der Waals surface area contributed by atoms with Gasteiger partial charge in [0, 0.05) is 39.1 Å². The van der Waals surface area contributed by atoms with Gasteiger partial charge in [0.1, 0.15) is 17.2 Å². The standard InChI is InChI=1S/C43H59ClN2O9Si/c1-29(2)56(30(3)4,31(5)6)55-40-26-45(43(48)49)25-39(53-27-32-14-19-38-36(24-32)46(20-10-21-50-7)41(47)28-54-38)42(40)33-15-17-34(18-16-33)51-22-11-23-52-37-13-9-8-12-35(37)44/h8-9,12-19,24,29-31,39-40,42H,10-11,20-23,25-28H2,1-7H3,(H,48,49). The highest BCUT2D eigenvalue weighted by Crippen LogP contribution is 2.46. The van der Waals surface area contributed by atoms with E-state index in [-0.39, 0.29) is 38.1 Å². The lowest BCUT2D eigenvalue weighted by Crippen LogP contribution is -2.59. The van der Waals surface area contributed by atoms with Gasteiger partial charge < -0.3 is 43.0 Å². The number of benzene rings is 3. The Balaban J connectivity index is 1.40. The number of hydrogen-bond acceptors (Lipinski definition) is 8. The number of carboxylic acid groups (broad SMARTS) is 1. The van der Waals surface area contributed by atoms with Crippen molar-refractivity contribution in [2.45, 2.75) is 95.7 Å². The van der Waals surface area contributed by atoms with E-state index < -0.39 is 26.6 Å². The Hall–Kier alpha value is -3.81. The highest BCUT2D eigenvalue weighted by Gasteiger charge is 2.51. The smallest absolute Gasteiger partial charge is 0.407 e. The molecule has 0 aliphatic carbocycles. The number of carbonyl (C=O) groups is 2. The van der Waals surface area contributed by atoms with Crippen molar-refractivity contribution < 1.29 is 42.8 Å². The molecular weight excluding hydrogens is 752 g/mol. The number of fused-ring (bicyclic) bond motifs is 1. The first kappa shape index (κ1) is 43.3. The second-order valence-electron chi connectivity index (χ2n) is 15.6. The van der Waals surface area contributed by atoms with Crippen molar-refractivity contribution in [3.05, 3.63) is 82.9 Å². The van der Waals surface area contributed by atoms with Crippen LogP contribution in [0.3, 0.4) is 0 Å². The van der Waals surface area contributed by atoms with E-state index in [1.807, 2.05) is 60.7 Å². The summed E-state index contributed by atoms with van der Waals surface area (Å²) in [5, 5.41) is 11.0. The first-order valence-electron chi connectivity index (χ1n) is 19.8. The maximum atomic E-state index is 12.9. The Bertz CT molecular complexity index is 1720. The molecule has 3 aromatic carbocycles. The second-order valence-corrected chi connectivity index (χ2v) is 21.4. The highest BCUT2D eigenvalue weighted by atomic mass is 35.5. The SMILES string of the molecule is COCCCN1C(=O)COc2ccc(COC3CN(C(=O)O)CC(O[Si](C(C)C)(C(C)C)C(C)C)C3c3ccc(OCCCOc4ccccc4Cl)cc3)cc21. The minimum Gasteiger partial charge on any atom is -0.493 e. The molecule has 0 aromatic heterocycles. The van der Waals surface area contributed by atoms with E-state index >= 15 is 0 Å². The predicted molar refractivity (Wildman–Crippen MR) is 221 cm³/mol. The lowest BCUT2D eigenvalue weighted by Gasteiger charge is -2.50. The van der Waals surface area contributed by atoms with Gasteiger partial charge in [0.25, 0.3) is 5.91 Å². The lowest BCUT2D eigenvalue weighted by atomic mass is 9.84. The molecule has 0 saturated carbocycles. The molecule has 0 spiro atoms. The third-order valence-electron chi connectivity index (χ3n) is 11.0.